The van der Waals surface area contributed by atoms with E-state index in [9.17, 15) is 19.5 Å². The maximum Gasteiger partial charge on any atom is 0.333 e. The molecule has 0 fully saturated rings. The Kier molecular flexibility index (Phi) is 7.27. The van der Waals surface area contributed by atoms with E-state index in [1.807, 2.05) is 18.2 Å². The quantitative estimate of drug-likeness (QED) is 0.282. The molecule has 152 valence electrons. The summed E-state index contributed by atoms with van der Waals surface area (Å²) in [6, 6.07) is 22.8. The molecule has 0 radical (unpaired) electrons. The van der Waals surface area contributed by atoms with E-state index in [0.717, 1.165) is 23.2 Å². The zero-order valence-electron chi connectivity index (χ0n) is 15.7. The fourth-order valence-electron chi connectivity index (χ4n) is 2.69. The van der Waals surface area contributed by atoms with Crippen LogP contribution in [-0.4, -0.2) is 22.8 Å². The van der Waals surface area contributed by atoms with Crippen LogP contribution in [0.4, 0.5) is 0 Å². The molecule has 0 bridgehead atoms. The van der Waals surface area contributed by atoms with Crippen molar-refractivity contribution in [3.05, 3.63) is 89.4 Å². The number of ketones is 1. The summed E-state index contributed by atoms with van der Waals surface area (Å²) in [4.78, 5) is 36.9. The van der Waals surface area contributed by atoms with Gasteiger partial charge in [0.15, 0.2) is 11.7 Å². The number of carbonyl (C=O) groups excluding carboxylic acids is 2. The molecule has 0 heterocycles. The molecule has 0 aliphatic heterocycles. The Balaban J connectivity index is 1.65. The van der Waals surface area contributed by atoms with E-state index >= 15 is 0 Å². The predicted molar refractivity (Wildman–Crippen MR) is 115 cm³/mol. The SMILES string of the molecule is O=C(C[C@@H](C(=O)O)C(=O)OSc1ccccc1)c1ccc(-c2ccc(Cl)cc2)cc1. The maximum absolute atomic E-state index is 12.5. The highest BCUT2D eigenvalue weighted by molar-refractivity contribution is 7.95. The van der Waals surface area contributed by atoms with Crippen molar-refractivity contribution in [1.29, 1.82) is 0 Å². The van der Waals surface area contributed by atoms with Crippen LogP contribution in [0.5, 0.6) is 0 Å². The molecule has 5 nitrogen and oxygen atoms in total. The molecule has 0 aliphatic rings. The average Bonchev–Trinajstić information content (AvgIpc) is 2.77. The van der Waals surface area contributed by atoms with Crippen molar-refractivity contribution in [1.82, 2.24) is 0 Å². The number of Topliss-reactive ketones (excluding diaryl/α,β-unsaturated/α-hetero) is 1. The van der Waals surface area contributed by atoms with E-state index in [4.69, 9.17) is 15.8 Å². The Morgan fingerprint density at radius 1 is 0.867 bits per heavy atom. The standard InChI is InChI=1S/C23H17ClO5S/c24-18-12-10-16(11-13-18)15-6-8-17(9-7-15)21(25)14-20(22(26)27)23(28)29-30-19-4-2-1-3-5-19/h1-13,20H,14H2,(H,26,27)/t20-/m0/s1. The second-order valence-electron chi connectivity index (χ2n) is 6.40. The Bertz CT molecular complexity index is 1030. The minimum Gasteiger partial charge on any atom is -0.481 e. The van der Waals surface area contributed by atoms with Gasteiger partial charge in [-0.25, -0.2) is 0 Å². The minimum absolute atomic E-state index is 0.322. The van der Waals surface area contributed by atoms with Gasteiger partial charge in [0.05, 0.1) is 12.0 Å². The molecule has 3 rings (SSSR count). The molecule has 3 aromatic carbocycles. The molecule has 3 aromatic rings. The first-order valence-electron chi connectivity index (χ1n) is 8.99. The van der Waals surface area contributed by atoms with Crippen molar-refractivity contribution < 1.29 is 23.7 Å². The molecule has 30 heavy (non-hydrogen) atoms. The van der Waals surface area contributed by atoms with Crippen molar-refractivity contribution in [3.8, 4) is 11.1 Å². The fraction of sp³-hybridized carbons (Fsp3) is 0.0870. The number of hydrogen-bond donors (Lipinski definition) is 1. The van der Waals surface area contributed by atoms with Gasteiger partial charge in [-0.3, -0.25) is 14.4 Å². The zero-order valence-corrected chi connectivity index (χ0v) is 17.2. The summed E-state index contributed by atoms with van der Waals surface area (Å²) in [7, 11) is 0. The molecule has 1 N–H and O–H groups in total. The first kappa shape index (κ1) is 21.6. The summed E-state index contributed by atoms with van der Waals surface area (Å²) < 4.78 is 5.01. The molecular formula is C23H17ClO5S. The van der Waals surface area contributed by atoms with Crippen LogP contribution in [0.25, 0.3) is 11.1 Å². The van der Waals surface area contributed by atoms with E-state index in [2.05, 4.69) is 0 Å². The lowest BCUT2D eigenvalue weighted by Crippen LogP contribution is -2.27. The van der Waals surface area contributed by atoms with Crippen LogP contribution < -0.4 is 0 Å². The van der Waals surface area contributed by atoms with Gasteiger partial charge in [0.2, 0.25) is 0 Å². The van der Waals surface area contributed by atoms with Gasteiger partial charge in [0, 0.05) is 21.9 Å². The van der Waals surface area contributed by atoms with Gasteiger partial charge < -0.3 is 9.29 Å². The summed E-state index contributed by atoms with van der Waals surface area (Å²) in [5, 5.41) is 10.0. The lowest BCUT2D eigenvalue weighted by atomic mass is 9.96. The van der Waals surface area contributed by atoms with E-state index < -0.39 is 30.1 Å². The first-order valence-corrected chi connectivity index (χ1v) is 10.1. The summed E-state index contributed by atoms with van der Waals surface area (Å²) in [6.45, 7) is 0. The van der Waals surface area contributed by atoms with Crippen LogP contribution in [0.3, 0.4) is 0 Å². The van der Waals surface area contributed by atoms with Gasteiger partial charge in [-0.05, 0) is 35.4 Å². The van der Waals surface area contributed by atoms with E-state index in [1.165, 1.54) is 0 Å². The van der Waals surface area contributed by atoms with Gasteiger partial charge >= 0.3 is 11.9 Å². The lowest BCUT2D eigenvalue weighted by Gasteiger charge is -2.11. The number of carbonyl (C=O) groups is 3. The van der Waals surface area contributed by atoms with Crippen molar-refractivity contribution in [3.63, 3.8) is 0 Å². The van der Waals surface area contributed by atoms with Crippen molar-refractivity contribution in [2.45, 2.75) is 11.3 Å². The van der Waals surface area contributed by atoms with Crippen molar-refractivity contribution in [2.75, 3.05) is 0 Å². The highest BCUT2D eigenvalue weighted by Gasteiger charge is 2.31. The van der Waals surface area contributed by atoms with Crippen LogP contribution in [0.2, 0.25) is 5.02 Å². The second-order valence-corrected chi connectivity index (χ2v) is 7.64. The summed E-state index contributed by atoms with van der Waals surface area (Å²) in [5.41, 5.74) is 2.14. The number of benzene rings is 3. The highest BCUT2D eigenvalue weighted by Crippen LogP contribution is 2.24. The molecule has 0 amide bonds. The molecule has 0 spiro atoms. The van der Waals surface area contributed by atoms with Gasteiger partial charge in [0.1, 0.15) is 0 Å². The van der Waals surface area contributed by atoms with E-state index in [1.54, 1.807) is 60.7 Å². The Morgan fingerprint density at radius 3 is 2.00 bits per heavy atom. The molecule has 1 atom stereocenters. The maximum atomic E-state index is 12.5. The number of rotatable bonds is 8. The highest BCUT2D eigenvalue weighted by atomic mass is 35.5. The third kappa shape index (κ3) is 5.72. The smallest absolute Gasteiger partial charge is 0.333 e. The number of carboxylic acid groups (broad SMARTS) is 1. The Labute approximate surface area is 182 Å². The Hall–Kier alpha value is -3.09. The lowest BCUT2D eigenvalue weighted by molar-refractivity contribution is -0.152. The van der Waals surface area contributed by atoms with Gasteiger partial charge in [-0.15, -0.1) is 0 Å². The topological polar surface area (TPSA) is 80.7 Å². The molecule has 0 aromatic heterocycles. The second kappa shape index (κ2) is 10.1. The van der Waals surface area contributed by atoms with E-state index in [0.29, 0.717) is 15.5 Å². The van der Waals surface area contributed by atoms with Crippen LogP contribution in [-0.2, 0) is 13.8 Å². The monoisotopic (exact) mass is 440 g/mol. The number of carboxylic acids is 1. The third-order valence-electron chi connectivity index (χ3n) is 4.32. The van der Waals surface area contributed by atoms with Gasteiger partial charge in [0.25, 0.3) is 0 Å². The number of aliphatic carboxylic acids is 1. The Morgan fingerprint density at radius 2 is 1.43 bits per heavy atom. The predicted octanol–water partition coefficient (Wildman–Crippen LogP) is 5.53. The van der Waals surface area contributed by atoms with Crippen molar-refractivity contribution in [2.24, 2.45) is 5.92 Å². The number of halogens is 1. The minimum atomic E-state index is -1.58. The van der Waals surface area contributed by atoms with Crippen molar-refractivity contribution >= 4 is 41.4 Å². The summed E-state index contributed by atoms with van der Waals surface area (Å²) in [6.07, 6.45) is -0.482. The van der Waals surface area contributed by atoms with Crippen LogP contribution in [0, 0.1) is 5.92 Å². The van der Waals surface area contributed by atoms with Crippen LogP contribution in [0.1, 0.15) is 16.8 Å². The molecule has 7 heteroatoms. The van der Waals surface area contributed by atoms with Gasteiger partial charge in [-0.2, -0.15) is 0 Å². The molecular weight excluding hydrogens is 424 g/mol. The number of hydrogen-bond acceptors (Lipinski definition) is 5. The third-order valence-corrected chi connectivity index (χ3v) is 5.28. The van der Waals surface area contributed by atoms with Crippen LogP contribution in [0.15, 0.2) is 83.8 Å². The molecule has 0 aliphatic carbocycles. The first-order chi connectivity index (χ1) is 14.4. The van der Waals surface area contributed by atoms with Gasteiger partial charge in [-0.1, -0.05) is 66.2 Å². The zero-order chi connectivity index (χ0) is 21.5. The summed E-state index contributed by atoms with van der Waals surface area (Å²) in [5.74, 6) is -4.40. The fourth-order valence-corrected chi connectivity index (χ4v) is 3.38. The average molecular weight is 441 g/mol. The molecule has 0 unspecified atom stereocenters. The summed E-state index contributed by atoms with van der Waals surface area (Å²) >= 11 is 6.65. The molecule has 0 saturated carbocycles. The van der Waals surface area contributed by atoms with Crippen LogP contribution >= 0.6 is 23.6 Å². The largest absolute Gasteiger partial charge is 0.481 e. The van der Waals surface area contributed by atoms with E-state index in [-0.39, 0.29) is 0 Å². The normalized spacial score (nSPS) is 11.5. The molecule has 0 saturated heterocycles.